The fraction of sp³-hybridized carbons (Fsp3) is 0.533. The van der Waals surface area contributed by atoms with Crippen LogP contribution in [0.25, 0.3) is 0 Å². The Morgan fingerprint density at radius 3 is 2.90 bits per heavy atom. The molecule has 2 rings (SSSR count). The summed E-state index contributed by atoms with van der Waals surface area (Å²) in [4.78, 5) is 20.4. The van der Waals surface area contributed by atoms with Gasteiger partial charge in [-0.1, -0.05) is 0 Å². The van der Waals surface area contributed by atoms with Crippen molar-refractivity contribution >= 4 is 11.7 Å². The van der Waals surface area contributed by atoms with E-state index in [1.54, 1.807) is 19.4 Å². The number of carbonyl (C=O) groups is 1. The first kappa shape index (κ1) is 15.3. The van der Waals surface area contributed by atoms with Crippen molar-refractivity contribution in [1.29, 1.82) is 5.26 Å². The third-order valence-corrected chi connectivity index (χ3v) is 3.57. The second kappa shape index (κ2) is 7.60. The summed E-state index contributed by atoms with van der Waals surface area (Å²) in [5, 5.41) is 8.79. The second-order valence-corrected chi connectivity index (χ2v) is 4.98. The molecule has 0 spiro atoms. The average molecular weight is 288 g/mol. The monoisotopic (exact) mass is 288 g/mol. The van der Waals surface area contributed by atoms with Gasteiger partial charge in [-0.15, -0.1) is 0 Å². The molecule has 0 unspecified atom stereocenters. The summed E-state index contributed by atoms with van der Waals surface area (Å²) in [6, 6.07) is 5.70. The lowest BCUT2D eigenvalue weighted by Gasteiger charge is -2.22. The lowest BCUT2D eigenvalue weighted by atomic mass is 10.3. The summed E-state index contributed by atoms with van der Waals surface area (Å²) >= 11 is 0. The van der Waals surface area contributed by atoms with Crippen LogP contribution in [0.2, 0.25) is 0 Å². The number of nitrogens with zero attached hydrogens (tertiary/aromatic N) is 4. The highest BCUT2D eigenvalue weighted by Crippen LogP contribution is 2.14. The van der Waals surface area contributed by atoms with Crippen LogP contribution < -0.4 is 4.90 Å². The van der Waals surface area contributed by atoms with E-state index in [0.717, 1.165) is 31.9 Å². The lowest BCUT2D eigenvalue weighted by molar-refractivity contribution is -0.131. The number of pyridine rings is 1. The van der Waals surface area contributed by atoms with Crippen molar-refractivity contribution in [3.63, 3.8) is 0 Å². The third-order valence-electron chi connectivity index (χ3n) is 3.57. The van der Waals surface area contributed by atoms with Gasteiger partial charge in [-0.25, -0.2) is 4.98 Å². The molecule has 2 heterocycles. The van der Waals surface area contributed by atoms with Gasteiger partial charge in [0.2, 0.25) is 5.91 Å². The first-order valence-corrected chi connectivity index (χ1v) is 7.12. The molecule has 0 aliphatic carbocycles. The Kier molecular flexibility index (Phi) is 5.52. The molecule has 1 saturated heterocycles. The maximum Gasteiger partial charge on any atom is 0.224 e. The molecule has 0 radical (unpaired) electrons. The van der Waals surface area contributed by atoms with Crippen molar-refractivity contribution < 1.29 is 9.53 Å². The zero-order chi connectivity index (χ0) is 15.1. The number of anilines is 1. The molecule has 0 aromatic carbocycles. The minimum Gasteiger partial charge on any atom is -0.384 e. The standard InChI is InChI=1S/C15H20N4O2/c1-21-10-5-15(20)19-7-2-6-18(8-9-19)14-4-3-13(11-16)12-17-14/h3-4,12H,2,5-10H2,1H3. The third kappa shape index (κ3) is 4.17. The molecule has 1 aromatic heterocycles. The highest BCUT2D eigenvalue weighted by Gasteiger charge is 2.19. The fourth-order valence-electron chi connectivity index (χ4n) is 2.38. The molecule has 1 aliphatic rings. The van der Waals surface area contributed by atoms with Crippen LogP contribution in [0.15, 0.2) is 18.3 Å². The van der Waals surface area contributed by atoms with Crippen LogP contribution in [0, 0.1) is 11.3 Å². The second-order valence-electron chi connectivity index (χ2n) is 4.98. The van der Waals surface area contributed by atoms with Gasteiger partial charge in [0.15, 0.2) is 0 Å². The molecule has 1 aliphatic heterocycles. The number of ether oxygens (including phenoxy) is 1. The van der Waals surface area contributed by atoms with Crippen molar-refractivity contribution in [2.45, 2.75) is 12.8 Å². The Bertz CT molecular complexity index is 509. The minimum atomic E-state index is 0.145. The summed E-state index contributed by atoms with van der Waals surface area (Å²) in [5.74, 6) is 1.01. The van der Waals surface area contributed by atoms with E-state index < -0.39 is 0 Å². The number of rotatable bonds is 4. The number of amides is 1. The van der Waals surface area contributed by atoms with Crippen molar-refractivity contribution in [2.75, 3.05) is 44.8 Å². The van der Waals surface area contributed by atoms with E-state index in [0.29, 0.717) is 25.1 Å². The Morgan fingerprint density at radius 1 is 1.38 bits per heavy atom. The van der Waals surface area contributed by atoms with Gasteiger partial charge in [0.1, 0.15) is 11.9 Å². The van der Waals surface area contributed by atoms with Gasteiger partial charge in [-0.2, -0.15) is 5.26 Å². The van der Waals surface area contributed by atoms with Gasteiger partial charge < -0.3 is 14.5 Å². The number of carbonyl (C=O) groups excluding carboxylic acids is 1. The van der Waals surface area contributed by atoms with Gasteiger partial charge >= 0.3 is 0 Å². The fourth-order valence-corrected chi connectivity index (χ4v) is 2.38. The maximum absolute atomic E-state index is 12.0. The number of nitriles is 1. The number of hydrogen-bond donors (Lipinski definition) is 0. The minimum absolute atomic E-state index is 0.145. The van der Waals surface area contributed by atoms with Crippen LogP contribution in [-0.2, 0) is 9.53 Å². The molecule has 0 bridgehead atoms. The highest BCUT2D eigenvalue weighted by molar-refractivity contribution is 5.76. The van der Waals surface area contributed by atoms with Crippen LogP contribution >= 0.6 is 0 Å². The summed E-state index contributed by atoms with van der Waals surface area (Å²) in [6.07, 6.45) is 2.94. The molecule has 0 saturated carbocycles. The average Bonchev–Trinajstić information content (AvgIpc) is 2.79. The predicted molar refractivity (Wildman–Crippen MR) is 78.9 cm³/mol. The number of aromatic nitrogens is 1. The van der Waals surface area contributed by atoms with Gasteiger partial charge in [0, 0.05) is 39.5 Å². The summed E-state index contributed by atoms with van der Waals surface area (Å²) < 4.78 is 4.95. The topological polar surface area (TPSA) is 69.5 Å². The van der Waals surface area contributed by atoms with Crippen LogP contribution in [0.5, 0.6) is 0 Å². The van der Waals surface area contributed by atoms with E-state index >= 15 is 0 Å². The van der Waals surface area contributed by atoms with Crippen molar-refractivity contribution in [3.05, 3.63) is 23.9 Å². The van der Waals surface area contributed by atoms with Crippen LogP contribution in [0.1, 0.15) is 18.4 Å². The predicted octanol–water partition coefficient (Wildman–Crippen LogP) is 1.03. The summed E-state index contributed by atoms with van der Waals surface area (Å²) in [7, 11) is 1.61. The highest BCUT2D eigenvalue weighted by atomic mass is 16.5. The summed E-state index contributed by atoms with van der Waals surface area (Å²) in [6.45, 7) is 3.57. The molecule has 6 nitrogen and oxygen atoms in total. The molecule has 112 valence electrons. The molecule has 1 fully saturated rings. The first-order valence-electron chi connectivity index (χ1n) is 7.12. The SMILES string of the molecule is COCCC(=O)N1CCCN(c2ccc(C#N)cn2)CC1. The maximum atomic E-state index is 12.0. The van der Waals surface area contributed by atoms with Crippen molar-refractivity contribution in [3.8, 4) is 6.07 Å². The van der Waals surface area contributed by atoms with Gasteiger partial charge in [-0.05, 0) is 18.6 Å². The molecular formula is C15H20N4O2. The van der Waals surface area contributed by atoms with Crippen molar-refractivity contribution in [2.24, 2.45) is 0 Å². The zero-order valence-electron chi connectivity index (χ0n) is 12.3. The van der Waals surface area contributed by atoms with E-state index in [1.165, 1.54) is 0 Å². The first-order chi connectivity index (χ1) is 10.2. The van der Waals surface area contributed by atoms with Gasteiger partial charge in [0.05, 0.1) is 18.6 Å². The Hall–Kier alpha value is -2.13. The van der Waals surface area contributed by atoms with E-state index in [9.17, 15) is 4.79 Å². The smallest absolute Gasteiger partial charge is 0.224 e. The van der Waals surface area contributed by atoms with E-state index in [-0.39, 0.29) is 5.91 Å². The molecule has 0 atom stereocenters. The van der Waals surface area contributed by atoms with Gasteiger partial charge in [0.25, 0.3) is 0 Å². The van der Waals surface area contributed by atoms with Crippen LogP contribution in [0.3, 0.4) is 0 Å². The van der Waals surface area contributed by atoms with Crippen LogP contribution in [-0.4, -0.2) is 55.7 Å². The molecule has 0 N–H and O–H groups in total. The molecule has 6 heteroatoms. The lowest BCUT2D eigenvalue weighted by Crippen LogP contribution is -2.35. The Balaban J connectivity index is 1.93. The normalized spacial score (nSPS) is 15.4. The van der Waals surface area contributed by atoms with E-state index in [2.05, 4.69) is 16.0 Å². The molecule has 21 heavy (non-hydrogen) atoms. The molecule has 1 aromatic rings. The summed E-state index contributed by atoms with van der Waals surface area (Å²) in [5.41, 5.74) is 0.560. The quantitative estimate of drug-likeness (QED) is 0.827. The Morgan fingerprint density at radius 2 is 2.24 bits per heavy atom. The van der Waals surface area contributed by atoms with E-state index in [4.69, 9.17) is 10.00 Å². The zero-order valence-corrected chi connectivity index (χ0v) is 12.3. The number of hydrogen-bond acceptors (Lipinski definition) is 5. The largest absolute Gasteiger partial charge is 0.384 e. The van der Waals surface area contributed by atoms with Crippen LogP contribution in [0.4, 0.5) is 5.82 Å². The van der Waals surface area contributed by atoms with Gasteiger partial charge in [-0.3, -0.25) is 4.79 Å². The Labute approximate surface area is 124 Å². The van der Waals surface area contributed by atoms with Crippen molar-refractivity contribution in [1.82, 2.24) is 9.88 Å². The van der Waals surface area contributed by atoms with E-state index in [1.807, 2.05) is 11.0 Å². The molecule has 1 amide bonds. The number of methoxy groups -OCH3 is 1. The molecular weight excluding hydrogens is 268 g/mol.